The molecule has 238 valence electrons. The number of carboxylic acid groups (broad SMARTS) is 1. The van der Waals surface area contributed by atoms with Gasteiger partial charge in [-0.2, -0.15) is 10.1 Å². The summed E-state index contributed by atoms with van der Waals surface area (Å²) in [5, 5.41) is 20.0. The molecule has 2 N–H and O–H groups in total. The smallest absolute Gasteiger partial charge is 0.304 e. The number of ether oxygens (including phenoxy) is 1. The van der Waals surface area contributed by atoms with Gasteiger partial charge in [-0.15, -0.1) is 0 Å². The molecule has 10 nitrogen and oxygen atoms in total. The van der Waals surface area contributed by atoms with Crippen molar-refractivity contribution in [3.63, 3.8) is 0 Å². The fourth-order valence-electron chi connectivity index (χ4n) is 6.41. The molecule has 4 heterocycles. The van der Waals surface area contributed by atoms with Crippen molar-refractivity contribution in [2.75, 3.05) is 81.2 Å². The van der Waals surface area contributed by atoms with Crippen LogP contribution in [0.25, 0.3) is 0 Å². The predicted octanol–water partition coefficient (Wildman–Crippen LogP) is 4.89. The Morgan fingerprint density at radius 3 is 2.70 bits per heavy atom. The zero-order valence-corrected chi connectivity index (χ0v) is 26.9. The summed E-state index contributed by atoms with van der Waals surface area (Å²) in [5.41, 5.74) is 6.04. The molecule has 3 aliphatic heterocycles. The number of carboxylic acids is 1. The molecule has 0 aliphatic carbocycles. The van der Waals surface area contributed by atoms with Gasteiger partial charge in [-0.3, -0.25) is 4.79 Å². The molecule has 2 fully saturated rings. The summed E-state index contributed by atoms with van der Waals surface area (Å²) in [6.45, 7) is 18.0. The Balaban J connectivity index is 1.32. The molecule has 0 spiro atoms. The fraction of sp³-hybridized carbons (Fsp3) is 0.559. The van der Waals surface area contributed by atoms with E-state index in [0.29, 0.717) is 24.9 Å². The van der Waals surface area contributed by atoms with Crippen LogP contribution in [0.4, 0.5) is 17.2 Å². The summed E-state index contributed by atoms with van der Waals surface area (Å²) in [5.74, 6) is 1.04. The van der Waals surface area contributed by atoms with Gasteiger partial charge in [0.2, 0.25) is 5.88 Å². The maximum atomic E-state index is 12.2. The summed E-state index contributed by atoms with van der Waals surface area (Å²) in [4.78, 5) is 24.0. The van der Waals surface area contributed by atoms with Gasteiger partial charge in [0.1, 0.15) is 5.82 Å². The largest absolute Gasteiger partial charge is 0.481 e. The maximum absolute atomic E-state index is 12.2. The van der Waals surface area contributed by atoms with Crippen LogP contribution in [0.1, 0.15) is 57.1 Å². The standard InChI is InChI=1S/C34H49N7O3/c1-24(2)37-41(25(3)4)31-18-28(17-30(20-31)40-15-13-38(5)14-16-40)29(19-33(42)43)22-39-12-10-26(21-39)23-44-32-9-8-27-7-6-11-35-34(27)36-32/h8-9,17-18,20,26,29H,3,6-7,10-16,19,21-23H2,1-2,4-5H3,(H,35,36)(H,42,43)/t26-,29-/m1/s1. The second-order valence-corrected chi connectivity index (χ2v) is 12.9. The number of aromatic nitrogens is 1. The number of benzene rings is 1. The number of hydrazone groups is 1. The number of allylic oxidation sites excluding steroid dienone is 1. The van der Waals surface area contributed by atoms with Crippen LogP contribution >= 0.6 is 0 Å². The molecule has 0 amide bonds. The highest BCUT2D eigenvalue weighted by Gasteiger charge is 2.28. The molecular formula is C34H49N7O3. The van der Waals surface area contributed by atoms with Crippen LogP contribution in [0.3, 0.4) is 0 Å². The SMILES string of the molecule is C=C(C)N(N=C(C)C)c1cc([C@H](CC(=O)O)CN2CC[C@@H](COc3ccc4c(n3)NCCC4)C2)cc(N2CCN(C)CC2)c1. The third-order valence-electron chi connectivity index (χ3n) is 8.78. The number of hydrogen-bond donors (Lipinski definition) is 2. The highest BCUT2D eigenvalue weighted by Crippen LogP contribution is 2.34. The van der Waals surface area contributed by atoms with E-state index in [4.69, 9.17) is 9.84 Å². The lowest BCUT2D eigenvalue weighted by Gasteiger charge is -2.35. The number of rotatable bonds is 12. The summed E-state index contributed by atoms with van der Waals surface area (Å²) < 4.78 is 6.14. The molecule has 1 aromatic carbocycles. The van der Waals surface area contributed by atoms with E-state index in [2.05, 4.69) is 62.9 Å². The molecule has 1 aromatic heterocycles. The van der Waals surface area contributed by atoms with Crippen molar-refractivity contribution in [3.8, 4) is 5.88 Å². The number of pyridine rings is 1. The van der Waals surface area contributed by atoms with E-state index < -0.39 is 5.97 Å². The number of nitrogens with zero attached hydrogens (tertiary/aromatic N) is 6. The molecule has 0 bridgehead atoms. The predicted molar refractivity (Wildman–Crippen MR) is 178 cm³/mol. The number of aliphatic carboxylic acids is 1. The lowest BCUT2D eigenvalue weighted by Crippen LogP contribution is -2.44. The Hall–Kier alpha value is -3.63. The van der Waals surface area contributed by atoms with Gasteiger partial charge in [0.05, 0.1) is 18.7 Å². The lowest BCUT2D eigenvalue weighted by atomic mass is 9.93. The molecule has 10 heteroatoms. The Morgan fingerprint density at radius 1 is 1.18 bits per heavy atom. The van der Waals surface area contributed by atoms with E-state index in [9.17, 15) is 9.90 Å². The van der Waals surface area contributed by atoms with Crippen molar-refractivity contribution in [2.45, 2.75) is 52.4 Å². The van der Waals surface area contributed by atoms with E-state index in [1.165, 1.54) is 5.56 Å². The normalized spacial score (nSPS) is 19.5. The second kappa shape index (κ2) is 14.4. The lowest BCUT2D eigenvalue weighted by molar-refractivity contribution is -0.137. The number of aryl methyl sites for hydroxylation is 1. The minimum atomic E-state index is -0.785. The zero-order valence-electron chi connectivity index (χ0n) is 26.9. The maximum Gasteiger partial charge on any atom is 0.304 e. The number of likely N-dealkylation sites (N-methyl/N-ethyl adjacent to an activating group) is 1. The first-order valence-electron chi connectivity index (χ1n) is 16.0. The van der Waals surface area contributed by atoms with Gasteiger partial charge in [-0.1, -0.05) is 6.58 Å². The molecular weight excluding hydrogens is 554 g/mol. The van der Waals surface area contributed by atoms with Gasteiger partial charge in [0.25, 0.3) is 0 Å². The molecule has 5 rings (SSSR count). The third kappa shape index (κ3) is 8.30. The molecule has 2 saturated heterocycles. The first kappa shape index (κ1) is 31.8. The number of piperazine rings is 1. The second-order valence-electron chi connectivity index (χ2n) is 12.9. The monoisotopic (exact) mass is 603 g/mol. The van der Waals surface area contributed by atoms with Crippen molar-refractivity contribution >= 4 is 28.9 Å². The third-order valence-corrected chi connectivity index (χ3v) is 8.78. The summed E-state index contributed by atoms with van der Waals surface area (Å²) in [6, 6.07) is 10.6. The molecule has 0 radical (unpaired) electrons. The number of fused-ring (bicyclic) bond motifs is 1. The minimum absolute atomic E-state index is 0.0679. The van der Waals surface area contributed by atoms with E-state index in [-0.39, 0.29) is 12.3 Å². The van der Waals surface area contributed by atoms with E-state index in [0.717, 1.165) is 99.2 Å². The van der Waals surface area contributed by atoms with Crippen molar-refractivity contribution in [1.29, 1.82) is 0 Å². The summed E-state index contributed by atoms with van der Waals surface area (Å²) in [6.07, 6.45) is 3.28. The highest BCUT2D eigenvalue weighted by molar-refractivity contribution is 5.81. The quantitative estimate of drug-likeness (QED) is 0.260. The van der Waals surface area contributed by atoms with Crippen LogP contribution in [0.5, 0.6) is 5.88 Å². The molecule has 0 unspecified atom stereocenters. The first-order chi connectivity index (χ1) is 21.1. The Labute approximate surface area is 262 Å². The van der Waals surface area contributed by atoms with Gasteiger partial charge >= 0.3 is 5.97 Å². The number of likely N-dealkylation sites (tertiary alicyclic amines) is 1. The van der Waals surface area contributed by atoms with E-state index in [1.54, 1.807) is 0 Å². The Morgan fingerprint density at radius 2 is 1.98 bits per heavy atom. The van der Waals surface area contributed by atoms with Crippen LogP contribution < -0.4 is 20.0 Å². The first-order valence-corrected chi connectivity index (χ1v) is 16.0. The van der Waals surface area contributed by atoms with Crippen molar-refractivity contribution in [3.05, 3.63) is 53.7 Å². The topological polar surface area (TPSA) is 96.8 Å². The van der Waals surface area contributed by atoms with Gasteiger partial charge in [0.15, 0.2) is 0 Å². The highest BCUT2D eigenvalue weighted by atomic mass is 16.5. The van der Waals surface area contributed by atoms with Crippen molar-refractivity contribution in [1.82, 2.24) is 14.8 Å². The molecule has 3 aliphatic rings. The molecule has 0 saturated carbocycles. The van der Waals surface area contributed by atoms with E-state index in [1.807, 2.05) is 31.8 Å². The van der Waals surface area contributed by atoms with Crippen LogP contribution in [-0.2, 0) is 11.2 Å². The van der Waals surface area contributed by atoms with Gasteiger partial charge in [0, 0.05) is 80.8 Å². The van der Waals surface area contributed by atoms with Crippen molar-refractivity contribution in [2.24, 2.45) is 11.0 Å². The van der Waals surface area contributed by atoms with Crippen molar-refractivity contribution < 1.29 is 14.6 Å². The van der Waals surface area contributed by atoms with Crippen LogP contribution in [-0.4, -0.2) is 97.6 Å². The zero-order chi connectivity index (χ0) is 31.2. The summed E-state index contributed by atoms with van der Waals surface area (Å²) in [7, 11) is 2.15. The number of carbonyl (C=O) groups is 1. The number of anilines is 3. The Bertz CT molecular complexity index is 1350. The molecule has 44 heavy (non-hydrogen) atoms. The number of nitrogens with one attached hydrogen (secondary N) is 1. The average molecular weight is 604 g/mol. The van der Waals surface area contributed by atoms with E-state index >= 15 is 0 Å². The number of hydrogen-bond acceptors (Lipinski definition) is 9. The van der Waals surface area contributed by atoms with Crippen LogP contribution in [0.15, 0.2) is 47.7 Å². The Kier molecular flexibility index (Phi) is 10.4. The van der Waals surface area contributed by atoms with Crippen LogP contribution in [0, 0.1) is 5.92 Å². The van der Waals surface area contributed by atoms with Gasteiger partial charge in [-0.05, 0) is 89.0 Å². The molecule has 2 aromatic rings. The molecule has 2 atom stereocenters. The van der Waals surface area contributed by atoms with Crippen LogP contribution in [0.2, 0.25) is 0 Å². The average Bonchev–Trinajstić information content (AvgIpc) is 3.45. The fourth-order valence-corrected chi connectivity index (χ4v) is 6.41. The minimum Gasteiger partial charge on any atom is -0.481 e. The van der Waals surface area contributed by atoms with Gasteiger partial charge < -0.3 is 29.9 Å². The summed E-state index contributed by atoms with van der Waals surface area (Å²) >= 11 is 0. The van der Waals surface area contributed by atoms with Gasteiger partial charge in [-0.25, -0.2) is 5.01 Å².